The number of aromatic amines is 1. The van der Waals surface area contributed by atoms with Crippen molar-refractivity contribution in [2.75, 3.05) is 12.3 Å². The van der Waals surface area contributed by atoms with E-state index in [1.807, 2.05) is 24.3 Å². The Labute approximate surface area is 109 Å². The number of nitrogens with one attached hydrogen (secondary N) is 1. The van der Waals surface area contributed by atoms with Gasteiger partial charge in [-0.1, -0.05) is 18.2 Å². The van der Waals surface area contributed by atoms with Crippen molar-refractivity contribution in [2.24, 2.45) is 5.73 Å². The number of hydrogen-bond donors (Lipinski definition) is 3. The maximum atomic E-state index is 11.4. The van der Waals surface area contributed by atoms with Gasteiger partial charge in [0.2, 0.25) is 0 Å². The van der Waals surface area contributed by atoms with Crippen molar-refractivity contribution in [3.8, 4) is 5.75 Å². The van der Waals surface area contributed by atoms with Crippen LogP contribution in [0.4, 0.5) is 5.82 Å². The molecule has 0 spiro atoms. The average Bonchev–Trinajstić information content (AvgIpc) is 2.80. The first-order valence-electron chi connectivity index (χ1n) is 6.01. The third-order valence-electron chi connectivity index (χ3n) is 3.33. The average molecular weight is 258 g/mol. The summed E-state index contributed by atoms with van der Waals surface area (Å²) >= 11 is 0. The van der Waals surface area contributed by atoms with Gasteiger partial charge in [0, 0.05) is 5.92 Å². The fourth-order valence-corrected chi connectivity index (χ4v) is 2.43. The molecule has 1 aliphatic heterocycles. The van der Waals surface area contributed by atoms with Crippen LogP contribution in [-0.2, 0) is 6.42 Å². The number of anilines is 1. The summed E-state index contributed by atoms with van der Waals surface area (Å²) in [5, 5.41) is 6.71. The van der Waals surface area contributed by atoms with Gasteiger partial charge in [0.05, 0.1) is 12.3 Å². The monoisotopic (exact) mass is 258 g/mol. The number of carbonyl (C=O) groups excluding carboxylic acids is 1. The van der Waals surface area contributed by atoms with E-state index in [1.54, 1.807) is 0 Å². The number of benzene rings is 1. The van der Waals surface area contributed by atoms with Gasteiger partial charge in [0.25, 0.3) is 5.91 Å². The van der Waals surface area contributed by atoms with Gasteiger partial charge in [-0.05, 0) is 18.1 Å². The highest BCUT2D eigenvalue weighted by atomic mass is 16.5. The minimum atomic E-state index is -0.569. The molecule has 5 N–H and O–H groups in total. The Morgan fingerprint density at radius 2 is 2.21 bits per heavy atom. The van der Waals surface area contributed by atoms with Crippen LogP contribution < -0.4 is 16.2 Å². The van der Waals surface area contributed by atoms with E-state index in [2.05, 4.69) is 10.2 Å². The predicted molar refractivity (Wildman–Crippen MR) is 69.9 cm³/mol. The number of ether oxygens (including phenoxy) is 1. The third-order valence-corrected chi connectivity index (χ3v) is 3.33. The Bertz CT molecular complexity index is 635. The minimum Gasteiger partial charge on any atom is -0.493 e. The molecule has 1 atom stereocenters. The number of fused-ring (bicyclic) bond motifs is 1. The van der Waals surface area contributed by atoms with Gasteiger partial charge < -0.3 is 16.2 Å². The van der Waals surface area contributed by atoms with Gasteiger partial charge in [-0.15, -0.1) is 0 Å². The lowest BCUT2D eigenvalue weighted by Crippen LogP contribution is -2.23. The highest BCUT2D eigenvalue weighted by molar-refractivity contribution is 5.98. The number of nitrogens with two attached hydrogens (primary N) is 2. The van der Waals surface area contributed by atoms with Gasteiger partial charge >= 0.3 is 0 Å². The zero-order chi connectivity index (χ0) is 13.4. The summed E-state index contributed by atoms with van der Waals surface area (Å²) < 4.78 is 5.69. The summed E-state index contributed by atoms with van der Waals surface area (Å²) in [6.07, 6.45) is 0.751. The second-order valence-corrected chi connectivity index (χ2v) is 4.58. The molecule has 6 heteroatoms. The number of primary amides is 1. The molecular weight excluding hydrogens is 244 g/mol. The topological polar surface area (TPSA) is 107 Å². The largest absolute Gasteiger partial charge is 0.493 e. The first-order chi connectivity index (χ1) is 9.16. The highest BCUT2D eigenvalue weighted by Crippen LogP contribution is 2.33. The first kappa shape index (κ1) is 11.6. The molecule has 1 unspecified atom stereocenters. The van der Waals surface area contributed by atoms with Gasteiger partial charge in [0.15, 0.2) is 0 Å². The number of carbonyl (C=O) groups is 1. The summed E-state index contributed by atoms with van der Waals surface area (Å²) in [5.41, 5.74) is 13.0. The molecule has 1 aromatic carbocycles. The molecule has 0 saturated carbocycles. The maximum Gasteiger partial charge on any atom is 0.254 e. The summed E-state index contributed by atoms with van der Waals surface area (Å²) in [4.78, 5) is 11.4. The van der Waals surface area contributed by atoms with Crippen LogP contribution in [-0.4, -0.2) is 22.7 Å². The van der Waals surface area contributed by atoms with Crippen LogP contribution in [0, 0.1) is 0 Å². The van der Waals surface area contributed by atoms with Crippen LogP contribution in [0.25, 0.3) is 0 Å². The van der Waals surface area contributed by atoms with Crippen molar-refractivity contribution in [1.82, 2.24) is 10.2 Å². The van der Waals surface area contributed by atoms with Gasteiger partial charge in [-0.2, -0.15) is 5.10 Å². The van der Waals surface area contributed by atoms with Gasteiger partial charge in [-0.3, -0.25) is 9.89 Å². The Kier molecular flexibility index (Phi) is 2.63. The molecule has 0 radical (unpaired) electrons. The van der Waals surface area contributed by atoms with E-state index in [9.17, 15) is 4.79 Å². The number of rotatable bonds is 2. The predicted octanol–water partition coefficient (Wildman–Crippen LogP) is 0.809. The zero-order valence-electron chi connectivity index (χ0n) is 10.2. The molecule has 0 saturated heterocycles. The van der Waals surface area contributed by atoms with Crippen LogP contribution in [0.1, 0.15) is 27.5 Å². The van der Waals surface area contributed by atoms with Crippen molar-refractivity contribution in [3.63, 3.8) is 0 Å². The third kappa shape index (κ3) is 1.91. The van der Waals surface area contributed by atoms with E-state index in [1.165, 1.54) is 0 Å². The standard InChI is InChI=1S/C13H14N4O2/c14-12-10(13(15)18)11(16-17-12)8-5-7-3-1-2-4-9(7)19-6-8/h1-4,8H,5-6H2,(H2,15,18)(H3,14,16,17). The van der Waals surface area contributed by atoms with E-state index in [4.69, 9.17) is 16.2 Å². The normalized spacial score (nSPS) is 17.6. The Hall–Kier alpha value is -2.50. The van der Waals surface area contributed by atoms with Gasteiger partial charge in [-0.25, -0.2) is 0 Å². The second-order valence-electron chi connectivity index (χ2n) is 4.58. The van der Waals surface area contributed by atoms with E-state index < -0.39 is 5.91 Å². The summed E-state index contributed by atoms with van der Waals surface area (Å²) in [6.45, 7) is 0.460. The number of para-hydroxylation sites is 1. The molecular formula is C13H14N4O2. The number of nitrogen functional groups attached to an aromatic ring is 1. The second kappa shape index (κ2) is 4.31. The molecule has 98 valence electrons. The van der Waals surface area contributed by atoms with E-state index in [-0.39, 0.29) is 17.3 Å². The Morgan fingerprint density at radius 3 is 3.00 bits per heavy atom. The highest BCUT2D eigenvalue weighted by Gasteiger charge is 2.28. The fourth-order valence-electron chi connectivity index (χ4n) is 2.43. The molecule has 1 aliphatic rings. The van der Waals surface area contributed by atoms with Crippen LogP contribution in [0.2, 0.25) is 0 Å². The number of hydrogen-bond acceptors (Lipinski definition) is 4. The van der Waals surface area contributed by atoms with Crippen molar-refractivity contribution < 1.29 is 9.53 Å². The van der Waals surface area contributed by atoms with Crippen LogP contribution >= 0.6 is 0 Å². The smallest absolute Gasteiger partial charge is 0.254 e. The van der Waals surface area contributed by atoms with Crippen LogP contribution in [0.15, 0.2) is 24.3 Å². The van der Waals surface area contributed by atoms with Gasteiger partial charge in [0.1, 0.15) is 17.1 Å². The zero-order valence-corrected chi connectivity index (χ0v) is 10.2. The lowest BCUT2D eigenvalue weighted by atomic mass is 9.92. The molecule has 2 heterocycles. The quantitative estimate of drug-likeness (QED) is 0.740. The molecule has 19 heavy (non-hydrogen) atoms. The molecule has 3 rings (SSSR count). The molecule has 1 aromatic heterocycles. The van der Waals surface area contributed by atoms with Crippen molar-refractivity contribution in [3.05, 3.63) is 41.1 Å². The molecule has 0 aliphatic carbocycles. The first-order valence-corrected chi connectivity index (χ1v) is 6.01. The number of aromatic nitrogens is 2. The maximum absolute atomic E-state index is 11.4. The van der Waals surface area contributed by atoms with E-state index in [0.717, 1.165) is 17.7 Å². The van der Waals surface area contributed by atoms with Crippen LogP contribution in [0.3, 0.4) is 0 Å². The summed E-state index contributed by atoms with van der Waals surface area (Å²) in [7, 11) is 0. The van der Waals surface area contributed by atoms with E-state index >= 15 is 0 Å². The van der Waals surface area contributed by atoms with Crippen molar-refractivity contribution in [2.45, 2.75) is 12.3 Å². The fraction of sp³-hybridized carbons (Fsp3) is 0.231. The van der Waals surface area contributed by atoms with Crippen LogP contribution in [0.5, 0.6) is 5.75 Å². The van der Waals surface area contributed by atoms with E-state index in [0.29, 0.717) is 12.3 Å². The Morgan fingerprint density at radius 1 is 1.42 bits per heavy atom. The number of H-pyrrole nitrogens is 1. The molecule has 0 bridgehead atoms. The van der Waals surface area contributed by atoms with Crippen molar-refractivity contribution >= 4 is 11.7 Å². The number of amides is 1. The SMILES string of the molecule is NC(=O)c1c(C2COc3ccccc3C2)n[nH]c1N. The minimum absolute atomic E-state index is 0.0223. The number of nitrogens with zero attached hydrogens (tertiary/aromatic N) is 1. The lowest BCUT2D eigenvalue weighted by Gasteiger charge is -2.24. The molecule has 2 aromatic rings. The van der Waals surface area contributed by atoms with Crippen molar-refractivity contribution in [1.29, 1.82) is 0 Å². The Balaban J connectivity index is 1.96. The molecule has 0 fully saturated rings. The lowest BCUT2D eigenvalue weighted by molar-refractivity contribution is 0.0999. The molecule has 1 amide bonds. The summed E-state index contributed by atoms with van der Waals surface area (Å²) in [6, 6.07) is 7.82. The molecule has 6 nitrogen and oxygen atoms in total. The summed E-state index contributed by atoms with van der Waals surface area (Å²) in [5.74, 6) is 0.496.